The van der Waals surface area contributed by atoms with Crippen molar-refractivity contribution in [2.75, 3.05) is 26.4 Å². The van der Waals surface area contributed by atoms with Crippen molar-refractivity contribution < 1.29 is 14.6 Å². The molecule has 0 aromatic carbocycles. The van der Waals surface area contributed by atoms with Gasteiger partial charge >= 0.3 is 6.03 Å². The van der Waals surface area contributed by atoms with Crippen molar-refractivity contribution in [3.63, 3.8) is 0 Å². The first-order valence-corrected chi connectivity index (χ1v) is 6.22. The molecule has 1 aliphatic rings. The number of allylic oxidation sites excluding steroid dienone is 1. The second-order valence-electron chi connectivity index (χ2n) is 4.14. The van der Waals surface area contributed by atoms with E-state index in [4.69, 9.17) is 9.84 Å². The Balaban J connectivity index is 1.96. The molecule has 0 bridgehead atoms. The number of carbonyl (C=O) groups excluding carboxylic acids is 1. The second-order valence-corrected chi connectivity index (χ2v) is 4.14. The number of aliphatic hydroxyl groups is 1. The molecule has 3 N–H and O–H groups in total. The Labute approximate surface area is 102 Å². The summed E-state index contributed by atoms with van der Waals surface area (Å²) in [4.78, 5) is 11.3. The van der Waals surface area contributed by atoms with Gasteiger partial charge < -0.3 is 20.5 Å². The average molecular weight is 242 g/mol. The Bertz CT molecular complexity index is 238. The van der Waals surface area contributed by atoms with Crippen LogP contribution in [0.4, 0.5) is 4.79 Å². The molecule has 0 heterocycles. The Kier molecular flexibility index (Phi) is 7.42. The van der Waals surface area contributed by atoms with Gasteiger partial charge in [-0.2, -0.15) is 0 Å². The quantitative estimate of drug-likeness (QED) is 0.583. The highest BCUT2D eigenvalue weighted by Crippen LogP contribution is 2.25. The maximum absolute atomic E-state index is 11.3. The Morgan fingerprint density at radius 1 is 1.35 bits per heavy atom. The van der Waals surface area contributed by atoms with Crippen LogP contribution in [0.2, 0.25) is 0 Å². The summed E-state index contributed by atoms with van der Waals surface area (Å²) in [6.07, 6.45) is 8.84. The van der Waals surface area contributed by atoms with Gasteiger partial charge in [0.1, 0.15) is 0 Å². The topological polar surface area (TPSA) is 70.6 Å². The van der Waals surface area contributed by atoms with Gasteiger partial charge in [-0.25, -0.2) is 4.79 Å². The average Bonchev–Trinajstić information content (AvgIpc) is 2.82. The minimum absolute atomic E-state index is 0.0102. The molecule has 17 heavy (non-hydrogen) atoms. The molecule has 0 saturated heterocycles. The van der Waals surface area contributed by atoms with Crippen molar-refractivity contribution >= 4 is 6.03 Å². The second kappa shape index (κ2) is 9.01. The van der Waals surface area contributed by atoms with Crippen LogP contribution in [0.3, 0.4) is 0 Å². The van der Waals surface area contributed by atoms with Crippen molar-refractivity contribution in [2.45, 2.75) is 25.7 Å². The van der Waals surface area contributed by atoms with E-state index in [2.05, 4.69) is 16.7 Å². The van der Waals surface area contributed by atoms with E-state index in [0.29, 0.717) is 25.7 Å². The highest BCUT2D eigenvalue weighted by Gasteiger charge is 2.10. The van der Waals surface area contributed by atoms with Crippen LogP contribution in [0.25, 0.3) is 0 Å². The summed E-state index contributed by atoms with van der Waals surface area (Å²) in [5.41, 5.74) is 0. The lowest BCUT2D eigenvalue weighted by Gasteiger charge is -2.05. The minimum Gasteiger partial charge on any atom is -0.394 e. The number of ether oxygens (including phenoxy) is 1. The first-order chi connectivity index (χ1) is 8.33. The van der Waals surface area contributed by atoms with Gasteiger partial charge in [-0.15, -0.1) is 0 Å². The summed E-state index contributed by atoms with van der Waals surface area (Å²) in [5, 5.41) is 13.8. The fourth-order valence-electron chi connectivity index (χ4n) is 1.86. The highest BCUT2D eigenvalue weighted by atomic mass is 16.5. The lowest BCUT2D eigenvalue weighted by Crippen LogP contribution is -2.34. The molecule has 0 aliphatic heterocycles. The van der Waals surface area contributed by atoms with Crippen molar-refractivity contribution in [3.8, 4) is 0 Å². The fraction of sp³-hybridized carbons (Fsp3) is 0.750. The van der Waals surface area contributed by atoms with Gasteiger partial charge in [-0.1, -0.05) is 18.9 Å². The van der Waals surface area contributed by atoms with Gasteiger partial charge in [0.25, 0.3) is 0 Å². The number of rotatable bonds is 7. The zero-order valence-corrected chi connectivity index (χ0v) is 10.2. The molecule has 98 valence electrons. The normalized spacial score (nSPS) is 16.5. The van der Waals surface area contributed by atoms with Crippen LogP contribution in [0.5, 0.6) is 0 Å². The maximum atomic E-state index is 11.3. The molecule has 5 heteroatoms. The fourth-order valence-corrected chi connectivity index (χ4v) is 1.86. The Morgan fingerprint density at radius 2 is 2.12 bits per heavy atom. The van der Waals surface area contributed by atoms with E-state index in [-0.39, 0.29) is 12.6 Å². The molecular weight excluding hydrogens is 220 g/mol. The van der Waals surface area contributed by atoms with Gasteiger partial charge in [0.05, 0.1) is 19.8 Å². The molecular formula is C12H22N2O3. The third kappa shape index (κ3) is 6.97. The highest BCUT2D eigenvalue weighted by molar-refractivity contribution is 5.74. The number of urea groups is 1. The molecule has 0 atom stereocenters. The molecule has 1 rings (SSSR count). The van der Waals surface area contributed by atoms with Gasteiger partial charge in [0, 0.05) is 12.7 Å². The summed E-state index contributed by atoms with van der Waals surface area (Å²) in [7, 11) is 0. The maximum Gasteiger partial charge on any atom is 0.318 e. The van der Waals surface area contributed by atoms with Gasteiger partial charge in [-0.3, -0.25) is 0 Å². The number of carbonyl (C=O) groups is 1. The predicted molar refractivity (Wildman–Crippen MR) is 65.5 cm³/mol. The predicted octanol–water partition coefficient (Wildman–Crippen LogP) is 0.998. The molecule has 0 unspecified atom stereocenters. The van der Waals surface area contributed by atoms with Crippen molar-refractivity contribution in [1.82, 2.24) is 10.6 Å². The molecule has 1 aliphatic carbocycles. The van der Waals surface area contributed by atoms with E-state index in [1.54, 1.807) is 6.20 Å². The zero-order valence-electron chi connectivity index (χ0n) is 10.2. The number of aliphatic hydroxyl groups excluding tert-OH is 1. The van der Waals surface area contributed by atoms with Crippen LogP contribution >= 0.6 is 0 Å². The first-order valence-electron chi connectivity index (χ1n) is 6.22. The molecule has 0 radical (unpaired) electrons. The van der Waals surface area contributed by atoms with Crippen molar-refractivity contribution in [1.29, 1.82) is 0 Å². The molecule has 5 nitrogen and oxygen atoms in total. The number of amides is 2. The Hall–Kier alpha value is -1.07. The number of nitrogens with one attached hydrogen (secondary N) is 2. The smallest absolute Gasteiger partial charge is 0.318 e. The van der Waals surface area contributed by atoms with Crippen LogP contribution in [-0.2, 0) is 4.74 Å². The van der Waals surface area contributed by atoms with Crippen molar-refractivity contribution in [2.24, 2.45) is 5.92 Å². The van der Waals surface area contributed by atoms with Crippen LogP contribution in [-0.4, -0.2) is 37.5 Å². The van der Waals surface area contributed by atoms with E-state index < -0.39 is 0 Å². The molecule has 0 aromatic heterocycles. The van der Waals surface area contributed by atoms with Crippen LogP contribution < -0.4 is 10.6 Å². The summed E-state index contributed by atoms with van der Waals surface area (Å²) < 4.78 is 5.01. The lowest BCUT2D eigenvalue weighted by molar-refractivity contribution is 0.0948. The van der Waals surface area contributed by atoms with Crippen LogP contribution in [0, 0.1) is 5.92 Å². The molecule has 1 fully saturated rings. The zero-order chi connectivity index (χ0) is 12.3. The standard InChI is InChI=1S/C12H22N2O3/c15-8-10-17-9-7-14-12(16)13-6-5-11-3-1-2-4-11/h5-6,11,15H,1-4,7-10H2,(H2,13,14,16)/b6-5+. The first kappa shape index (κ1) is 14.0. The van der Waals surface area contributed by atoms with Gasteiger partial charge in [0.2, 0.25) is 0 Å². The summed E-state index contributed by atoms with van der Waals surface area (Å²) in [5.74, 6) is 0.628. The third-order valence-corrected chi connectivity index (χ3v) is 2.75. The van der Waals surface area contributed by atoms with Gasteiger partial charge in [0.15, 0.2) is 0 Å². The van der Waals surface area contributed by atoms with Crippen molar-refractivity contribution in [3.05, 3.63) is 12.3 Å². The molecule has 2 amide bonds. The SMILES string of the molecule is O=C(N/C=C/C1CCCC1)NCCOCCO. The van der Waals surface area contributed by atoms with E-state index in [1.165, 1.54) is 25.7 Å². The summed E-state index contributed by atoms with van der Waals surface area (Å²) in [6, 6.07) is -0.216. The van der Waals surface area contributed by atoms with E-state index >= 15 is 0 Å². The van der Waals surface area contributed by atoms with E-state index in [1.807, 2.05) is 0 Å². The summed E-state index contributed by atoms with van der Waals surface area (Å²) in [6.45, 7) is 1.19. The van der Waals surface area contributed by atoms with E-state index in [9.17, 15) is 4.79 Å². The molecule has 1 saturated carbocycles. The Morgan fingerprint density at radius 3 is 2.82 bits per heavy atom. The number of hydrogen-bond acceptors (Lipinski definition) is 3. The van der Waals surface area contributed by atoms with Gasteiger partial charge in [-0.05, 0) is 18.8 Å². The minimum atomic E-state index is -0.216. The number of hydrogen-bond donors (Lipinski definition) is 3. The lowest BCUT2D eigenvalue weighted by atomic mass is 10.1. The monoisotopic (exact) mass is 242 g/mol. The van der Waals surface area contributed by atoms with Crippen LogP contribution in [0.15, 0.2) is 12.3 Å². The molecule has 0 spiro atoms. The van der Waals surface area contributed by atoms with E-state index in [0.717, 1.165) is 0 Å². The largest absolute Gasteiger partial charge is 0.394 e. The molecule has 0 aromatic rings. The summed E-state index contributed by atoms with van der Waals surface area (Å²) >= 11 is 0. The third-order valence-electron chi connectivity index (χ3n) is 2.75. The van der Waals surface area contributed by atoms with Crippen LogP contribution in [0.1, 0.15) is 25.7 Å².